The molecule has 0 aromatic carbocycles. The standard InChI is InChI=1S/C9H17NO4/c10-8(5-11)9(12)14-6-7-1-3-13-4-2-7/h7-8,11H,1-6,10H2. The van der Waals surface area contributed by atoms with E-state index >= 15 is 0 Å². The Labute approximate surface area is 83.2 Å². The van der Waals surface area contributed by atoms with Crippen molar-refractivity contribution in [2.24, 2.45) is 11.7 Å². The molecule has 82 valence electrons. The molecule has 1 rings (SSSR count). The minimum absolute atomic E-state index is 0.368. The van der Waals surface area contributed by atoms with E-state index in [9.17, 15) is 4.79 Å². The number of carbonyl (C=O) groups excluding carboxylic acids is 1. The zero-order valence-electron chi connectivity index (χ0n) is 8.15. The largest absolute Gasteiger partial charge is 0.464 e. The van der Waals surface area contributed by atoms with E-state index in [1.807, 2.05) is 0 Å². The molecule has 1 saturated heterocycles. The van der Waals surface area contributed by atoms with E-state index < -0.39 is 12.0 Å². The number of hydrogen-bond acceptors (Lipinski definition) is 5. The summed E-state index contributed by atoms with van der Waals surface area (Å²) < 4.78 is 10.1. The van der Waals surface area contributed by atoms with E-state index in [-0.39, 0.29) is 6.61 Å². The zero-order valence-corrected chi connectivity index (χ0v) is 8.15. The number of hydrogen-bond donors (Lipinski definition) is 2. The SMILES string of the molecule is NC(CO)C(=O)OCC1CCOCC1. The van der Waals surface area contributed by atoms with Crippen LogP contribution in [0, 0.1) is 5.92 Å². The summed E-state index contributed by atoms with van der Waals surface area (Å²) in [5, 5.41) is 8.60. The van der Waals surface area contributed by atoms with E-state index in [0.717, 1.165) is 26.1 Å². The summed E-state index contributed by atoms with van der Waals surface area (Å²) in [5.41, 5.74) is 5.28. The lowest BCUT2D eigenvalue weighted by atomic mass is 10.0. The summed E-state index contributed by atoms with van der Waals surface area (Å²) in [6.07, 6.45) is 1.84. The van der Waals surface area contributed by atoms with Crippen LogP contribution in [0.4, 0.5) is 0 Å². The molecule has 0 aromatic rings. The van der Waals surface area contributed by atoms with Crippen molar-refractivity contribution in [2.75, 3.05) is 26.4 Å². The molecule has 1 fully saturated rings. The predicted octanol–water partition coefficient (Wildman–Crippen LogP) is -0.724. The first-order chi connectivity index (χ1) is 6.74. The minimum Gasteiger partial charge on any atom is -0.464 e. The summed E-state index contributed by atoms with van der Waals surface area (Å²) >= 11 is 0. The van der Waals surface area contributed by atoms with Crippen LogP contribution >= 0.6 is 0 Å². The Balaban J connectivity index is 2.15. The summed E-state index contributed by atoms with van der Waals surface area (Å²) in [4.78, 5) is 11.1. The number of aliphatic hydroxyl groups is 1. The third-order valence-electron chi connectivity index (χ3n) is 2.30. The van der Waals surface area contributed by atoms with Crippen molar-refractivity contribution in [3.05, 3.63) is 0 Å². The van der Waals surface area contributed by atoms with Gasteiger partial charge in [-0.1, -0.05) is 0 Å². The van der Waals surface area contributed by atoms with Gasteiger partial charge in [0.25, 0.3) is 0 Å². The van der Waals surface area contributed by atoms with Crippen molar-refractivity contribution in [3.63, 3.8) is 0 Å². The lowest BCUT2D eigenvalue weighted by Crippen LogP contribution is -2.36. The smallest absolute Gasteiger partial charge is 0.325 e. The highest BCUT2D eigenvalue weighted by Gasteiger charge is 2.18. The maximum atomic E-state index is 11.1. The normalized spacial score (nSPS) is 20.4. The molecule has 5 nitrogen and oxygen atoms in total. The maximum Gasteiger partial charge on any atom is 0.325 e. The van der Waals surface area contributed by atoms with Gasteiger partial charge in [-0.25, -0.2) is 0 Å². The lowest BCUT2D eigenvalue weighted by Gasteiger charge is -2.22. The topological polar surface area (TPSA) is 81.8 Å². The molecular formula is C9H17NO4. The van der Waals surface area contributed by atoms with Crippen LogP contribution in [0.15, 0.2) is 0 Å². The molecular weight excluding hydrogens is 186 g/mol. The molecule has 1 aliphatic rings. The quantitative estimate of drug-likeness (QED) is 0.589. The fraction of sp³-hybridized carbons (Fsp3) is 0.889. The molecule has 1 atom stereocenters. The number of rotatable bonds is 4. The maximum absolute atomic E-state index is 11.1. The minimum atomic E-state index is -0.908. The average Bonchev–Trinajstić information content (AvgIpc) is 2.26. The first kappa shape index (κ1) is 11.4. The summed E-state index contributed by atoms with van der Waals surface area (Å²) in [5.74, 6) is -0.155. The Hall–Kier alpha value is -0.650. The summed E-state index contributed by atoms with van der Waals surface area (Å²) in [7, 11) is 0. The van der Waals surface area contributed by atoms with Crippen LogP contribution in [-0.4, -0.2) is 43.5 Å². The van der Waals surface area contributed by atoms with Crippen LogP contribution in [0.5, 0.6) is 0 Å². The van der Waals surface area contributed by atoms with Crippen LogP contribution in [0.1, 0.15) is 12.8 Å². The number of ether oxygens (including phenoxy) is 2. The van der Waals surface area contributed by atoms with Crippen LogP contribution in [-0.2, 0) is 14.3 Å². The monoisotopic (exact) mass is 203 g/mol. The van der Waals surface area contributed by atoms with Gasteiger partial charge in [0.15, 0.2) is 0 Å². The van der Waals surface area contributed by atoms with Gasteiger partial charge in [0.1, 0.15) is 6.04 Å². The molecule has 3 N–H and O–H groups in total. The Morgan fingerprint density at radius 1 is 1.57 bits per heavy atom. The molecule has 14 heavy (non-hydrogen) atoms. The van der Waals surface area contributed by atoms with E-state index in [1.165, 1.54) is 0 Å². The Kier molecular flexibility index (Phi) is 4.86. The molecule has 0 saturated carbocycles. The van der Waals surface area contributed by atoms with E-state index in [2.05, 4.69) is 0 Å². The van der Waals surface area contributed by atoms with Gasteiger partial charge in [-0.15, -0.1) is 0 Å². The van der Waals surface area contributed by atoms with Gasteiger partial charge in [-0.3, -0.25) is 4.79 Å². The highest BCUT2D eigenvalue weighted by molar-refractivity contribution is 5.75. The van der Waals surface area contributed by atoms with Crippen molar-refractivity contribution >= 4 is 5.97 Å². The fourth-order valence-electron chi connectivity index (χ4n) is 1.29. The number of esters is 1. The van der Waals surface area contributed by atoms with Crippen molar-refractivity contribution in [2.45, 2.75) is 18.9 Å². The average molecular weight is 203 g/mol. The van der Waals surface area contributed by atoms with Crippen molar-refractivity contribution in [1.82, 2.24) is 0 Å². The van der Waals surface area contributed by atoms with Gasteiger partial charge in [0, 0.05) is 13.2 Å². The second-order valence-electron chi connectivity index (χ2n) is 3.47. The molecule has 0 spiro atoms. The highest BCUT2D eigenvalue weighted by atomic mass is 16.5. The van der Waals surface area contributed by atoms with Gasteiger partial charge in [0.2, 0.25) is 0 Å². The van der Waals surface area contributed by atoms with E-state index in [4.69, 9.17) is 20.3 Å². The Morgan fingerprint density at radius 3 is 2.79 bits per heavy atom. The van der Waals surface area contributed by atoms with E-state index in [0.29, 0.717) is 12.5 Å². The Morgan fingerprint density at radius 2 is 2.21 bits per heavy atom. The second kappa shape index (κ2) is 5.95. The number of carbonyl (C=O) groups is 1. The van der Waals surface area contributed by atoms with Crippen LogP contribution in [0.25, 0.3) is 0 Å². The van der Waals surface area contributed by atoms with Gasteiger partial charge in [0.05, 0.1) is 13.2 Å². The number of nitrogens with two attached hydrogens (primary N) is 1. The van der Waals surface area contributed by atoms with Crippen molar-refractivity contribution in [1.29, 1.82) is 0 Å². The van der Waals surface area contributed by atoms with Crippen LogP contribution in [0.3, 0.4) is 0 Å². The molecule has 0 radical (unpaired) electrons. The third-order valence-corrected chi connectivity index (χ3v) is 2.30. The van der Waals surface area contributed by atoms with Crippen LogP contribution in [0.2, 0.25) is 0 Å². The molecule has 0 aromatic heterocycles. The predicted molar refractivity (Wildman–Crippen MR) is 49.6 cm³/mol. The highest BCUT2D eigenvalue weighted by Crippen LogP contribution is 2.14. The molecule has 0 amide bonds. The van der Waals surface area contributed by atoms with Gasteiger partial charge >= 0.3 is 5.97 Å². The van der Waals surface area contributed by atoms with Gasteiger partial charge in [-0.2, -0.15) is 0 Å². The molecule has 0 aliphatic carbocycles. The molecule has 0 bridgehead atoms. The molecule has 1 aliphatic heterocycles. The third kappa shape index (κ3) is 3.61. The van der Waals surface area contributed by atoms with Crippen molar-refractivity contribution in [3.8, 4) is 0 Å². The zero-order chi connectivity index (χ0) is 10.4. The molecule has 1 unspecified atom stereocenters. The number of aliphatic hydroxyl groups excluding tert-OH is 1. The first-order valence-electron chi connectivity index (χ1n) is 4.85. The lowest BCUT2D eigenvalue weighted by molar-refractivity contribution is -0.148. The summed E-state index contributed by atoms with van der Waals surface area (Å²) in [6, 6.07) is -0.908. The second-order valence-corrected chi connectivity index (χ2v) is 3.47. The van der Waals surface area contributed by atoms with E-state index in [1.54, 1.807) is 0 Å². The molecule has 1 heterocycles. The first-order valence-corrected chi connectivity index (χ1v) is 4.85. The summed E-state index contributed by atoms with van der Waals surface area (Å²) in [6.45, 7) is 1.48. The fourth-order valence-corrected chi connectivity index (χ4v) is 1.29. The van der Waals surface area contributed by atoms with Crippen LogP contribution < -0.4 is 5.73 Å². The van der Waals surface area contributed by atoms with Gasteiger partial charge < -0.3 is 20.3 Å². The Bertz CT molecular complexity index is 180. The van der Waals surface area contributed by atoms with Gasteiger partial charge in [-0.05, 0) is 18.8 Å². The van der Waals surface area contributed by atoms with Crippen molar-refractivity contribution < 1.29 is 19.4 Å². The molecule has 5 heteroatoms.